The fraction of sp³-hybridized carbons (Fsp3) is 0.0556. The number of anilines is 1. The number of carbonyl (C=O) groups is 2. The molecule has 0 aliphatic heterocycles. The zero-order valence-corrected chi connectivity index (χ0v) is 14.3. The van der Waals surface area contributed by atoms with Crippen LogP contribution in [-0.4, -0.2) is 16.7 Å². The van der Waals surface area contributed by atoms with Crippen LogP contribution in [0.3, 0.4) is 0 Å². The minimum absolute atomic E-state index is 0.154. The molecule has 0 aliphatic carbocycles. The third-order valence-electron chi connectivity index (χ3n) is 3.45. The molecule has 0 bridgehead atoms. The summed E-state index contributed by atoms with van der Waals surface area (Å²) in [6.45, 7) is 1.92. The number of pyridine rings is 1. The molecule has 0 saturated carbocycles. The first-order chi connectivity index (χ1) is 11.6. The van der Waals surface area contributed by atoms with Gasteiger partial charge in [-0.1, -0.05) is 29.8 Å². The molecule has 0 fully saturated rings. The Bertz CT molecular complexity index is 921. The van der Waals surface area contributed by atoms with Crippen LogP contribution < -0.4 is 5.32 Å². The van der Waals surface area contributed by atoms with Gasteiger partial charge in [0.05, 0.1) is 15.3 Å². The molecule has 1 N–H and O–H groups in total. The third-order valence-corrected chi connectivity index (χ3v) is 4.83. The van der Waals surface area contributed by atoms with E-state index in [4.69, 9.17) is 11.6 Å². The number of hydrogen-bond acceptors (Lipinski definition) is 4. The standard InChI is InChI=1S/C18H13ClN2O2S/c1-11-5-2-3-7-13(11)21-18(23)15-9-8-14(24-15)16(22)12-6-4-10-20-17(12)19/h2-10H,1H3,(H,21,23). The molecular formula is C18H13ClN2O2S. The highest BCUT2D eigenvalue weighted by Crippen LogP contribution is 2.24. The maximum atomic E-state index is 12.5. The van der Waals surface area contributed by atoms with Gasteiger partial charge in [0.1, 0.15) is 5.15 Å². The van der Waals surface area contributed by atoms with Crippen molar-refractivity contribution in [2.45, 2.75) is 6.92 Å². The number of hydrogen-bond donors (Lipinski definition) is 1. The number of para-hydroxylation sites is 1. The van der Waals surface area contributed by atoms with E-state index in [1.54, 1.807) is 24.3 Å². The molecule has 1 aromatic carbocycles. The van der Waals surface area contributed by atoms with Crippen molar-refractivity contribution in [2.24, 2.45) is 0 Å². The summed E-state index contributed by atoms with van der Waals surface area (Å²) in [4.78, 5) is 29.6. The van der Waals surface area contributed by atoms with Crippen molar-refractivity contribution in [1.82, 2.24) is 4.98 Å². The molecule has 24 heavy (non-hydrogen) atoms. The van der Waals surface area contributed by atoms with Gasteiger partial charge in [-0.05, 0) is 42.8 Å². The summed E-state index contributed by atoms with van der Waals surface area (Å²) in [6, 6.07) is 14.1. The van der Waals surface area contributed by atoms with E-state index in [2.05, 4.69) is 10.3 Å². The quantitative estimate of drug-likeness (QED) is 0.549. The molecule has 1 amide bonds. The Hall–Kier alpha value is -2.50. The highest BCUT2D eigenvalue weighted by Gasteiger charge is 2.18. The number of nitrogens with zero attached hydrogens (tertiary/aromatic N) is 1. The first-order valence-electron chi connectivity index (χ1n) is 7.18. The lowest BCUT2D eigenvalue weighted by molar-refractivity contribution is 0.102. The molecule has 2 aromatic heterocycles. The first kappa shape index (κ1) is 16.4. The number of aromatic nitrogens is 1. The average Bonchev–Trinajstić information content (AvgIpc) is 3.07. The lowest BCUT2D eigenvalue weighted by Gasteiger charge is -2.06. The lowest BCUT2D eigenvalue weighted by atomic mass is 10.1. The predicted octanol–water partition coefficient (Wildman–Crippen LogP) is 4.59. The topological polar surface area (TPSA) is 59.1 Å². The van der Waals surface area contributed by atoms with Gasteiger partial charge in [0.15, 0.2) is 0 Å². The molecule has 6 heteroatoms. The van der Waals surface area contributed by atoms with Crippen LogP contribution in [0.4, 0.5) is 5.69 Å². The second-order valence-corrected chi connectivity index (χ2v) is 6.55. The number of thiophene rings is 1. The van der Waals surface area contributed by atoms with Gasteiger partial charge in [0, 0.05) is 11.9 Å². The molecule has 3 rings (SSSR count). The monoisotopic (exact) mass is 356 g/mol. The molecular weight excluding hydrogens is 344 g/mol. The van der Waals surface area contributed by atoms with Crippen molar-refractivity contribution < 1.29 is 9.59 Å². The highest BCUT2D eigenvalue weighted by atomic mass is 35.5. The van der Waals surface area contributed by atoms with Gasteiger partial charge in [-0.2, -0.15) is 0 Å². The SMILES string of the molecule is Cc1ccccc1NC(=O)c1ccc(C(=O)c2cccnc2Cl)s1. The van der Waals surface area contributed by atoms with Crippen LogP contribution in [0, 0.1) is 6.92 Å². The average molecular weight is 357 g/mol. The summed E-state index contributed by atoms with van der Waals surface area (Å²) < 4.78 is 0. The molecule has 120 valence electrons. The molecule has 0 spiro atoms. The number of nitrogens with one attached hydrogen (secondary N) is 1. The van der Waals surface area contributed by atoms with Crippen LogP contribution in [0.1, 0.15) is 30.5 Å². The first-order valence-corrected chi connectivity index (χ1v) is 8.38. The van der Waals surface area contributed by atoms with Gasteiger partial charge in [-0.3, -0.25) is 9.59 Å². The van der Waals surface area contributed by atoms with Gasteiger partial charge < -0.3 is 5.32 Å². The number of amides is 1. The fourth-order valence-corrected chi connectivity index (χ4v) is 3.23. The van der Waals surface area contributed by atoms with Crippen molar-refractivity contribution in [1.29, 1.82) is 0 Å². The number of ketones is 1. The second kappa shape index (κ2) is 6.95. The molecule has 0 unspecified atom stereocenters. The molecule has 3 aromatic rings. The molecule has 2 heterocycles. The summed E-state index contributed by atoms with van der Waals surface area (Å²) >= 11 is 7.09. The predicted molar refractivity (Wildman–Crippen MR) is 96.1 cm³/mol. The van der Waals surface area contributed by atoms with Crippen molar-refractivity contribution in [3.05, 3.63) is 80.8 Å². The van der Waals surface area contributed by atoms with E-state index in [1.807, 2.05) is 31.2 Å². The number of halogens is 1. The largest absolute Gasteiger partial charge is 0.321 e. The number of rotatable bonds is 4. The number of aryl methyl sites for hydroxylation is 1. The molecule has 4 nitrogen and oxygen atoms in total. The molecule has 0 saturated heterocycles. The number of benzene rings is 1. The van der Waals surface area contributed by atoms with Crippen molar-refractivity contribution in [3.63, 3.8) is 0 Å². The van der Waals surface area contributed by atoms with E-state index < -0.39 is 0 Å². The summed E-state index contributed by atoms with van der Waals surface area (Å²) in [7, 11) is 0. The zero-order valence-electron chi connectivity index (χ0n) is 12.7. The summed E-state index contributed by atoms with van der Waals surface area (Å²) in [6.07, 6.45) is 1.52. The van der Waals surface area contributed by atoms with E-state index >= 15 is 0 Å². The Labute approximate surface area is 148 Å². The zero-order chi connectivity index (χ0) is 17.1. The minimum atomic E-state index is -0.245. The highest BCUT2D eigenvalue weighted by molar-refractivity contribution is 7.16. The second-order valence-electron chi connectivity index (χ2n) is 5.10. The Morgan fingerprint density at radius 3 is 2.54 bits per heavy atom. The molecule has 0 aliphatic rings. The van der Waals surface area contributed by atoms with E-state index in [0.717, 1.165) is 22.6 Å². The third kappa shape index (κ3) is 3.37. The molecule has 0 radical (unpaired) electrons. The minimum Gasteiger partial charge on any atom is -0.321 e. The van der Waals surface area contributed by atoms with Crippen LogP contribution in [0.15, 0.2) is 54.7 Å². The van der Waals surface area contributed by atoms with Gasteiger partial charge in [-0.25, -0.2) is 4.98 Å². The van der Waals surface area contributed by atoms with E-state index in [9.17, 15) is 9.59 Å². The van der Waals surface area contributed by atoms with Crippen LogP contribution in [0.2, 0.25) is 5.15 Å². The maximum absolute atomic E-state index is 12.5. The van der Waals surface area contributed by atoms with Gasteiger partial charge in [-0.15, -0.1) is 11.3 Å². The maximum Gasteiger partial charge on any atom is 0.265 e. The van der Waals surface area contributed by atoms with Crippen molar-refractivity contribution in [2.75, 3.05) is 5.32 Å². The smallest absolute Gasteiger partial charge is 0.265 e. The Morgan fingerprint density at radius 2 is 1.79 bits per heavy atom. The summed E-state index contributed by atoms with van der Waals surface area (Å²) in [5, 5.41) is 3.01. The van der Waals surface area contributed by atoms with Crippen LogP contribution in [0.25, 0.3) is 0 Å². The number of carbonyl (C=O) groups excluding carboxylic acids is 2. The van der Waals surface area contributed by atoms with E-state index in [-0.39, 0.29) is 16.8 Å². The van der Waals surface area contributed by atoms with E-state index in [0.29, 0.717) is 15.3 Å². The van der Waals surface area contributed by atoms with Crippen LogP contribution in [-0.2, 0) is 0 Å². The Balaban J connectivity index is 1.81. The lowest BCUT2D eigenvalue weighted by Crippen LogP contribution is -2.11. The van der Waals surface area contributed by atoms with Crippen LogP contribution in [0.5, 0.6) is 0 Å². The Kier molecular flexibility index (Phi) is 4.74. The molecule has 0 atom stereocenters. The van der Waals surface area contributed by atoms with Crippen molar-refractivity contribution >= 4 is 40.3 Å². The summed E-state index contributed by atoms with van der Waals surface area (Å²) in [5.41, 5.74) is 2.05. The summed E-state index contributed by atoms with van der Waals surface area (Å²) in [5.74, 6) is -0.487. The van der Waals surface area contributed by atoms with Gasteiger partial charge >= 0.3 is 0 Å². The van der Waals surface area contributed by atoms with Gasteiger partial charge in [0.2, 0.25) is 5.78 Å². The van der Waals surface area contributed by atoms with Crippen LogP contribution >= 0.6 is 22.9 Å². The van der Waals surface area contributed by atoms with E-state index in [1.165, 1.54) is 6.20 Å². The normalized spacial score (nSPS) is 10.4. The Morgan fingerprint density at radius 1 is 1.04 bits per heavy atom. The van der Waals surface area contributed by atoms with Gasteiger partial charge in [0.25, 0.3) is 5.91 Å². The fourth-order valence-electron chi connectivity index (χ4n) is 2.17. The van der Waals surface area contributed by atoms with Crippen molar-refractivity contribution in [3.8, 4) is 0 Å².